The first-order valence-electron chi connectivity index (χ1n) is 12.6. The molecule has 0 saturated heterocycles. The molecule has 1 aliphatic heterocycles. The second-order valence-electron chi connectivity index (χ2n) is 8.90. The molecule has 1 atom stereocenters. The Kier molecular flexibility index (Phi) is 7.74. The van der Waals surface area contributed by atoms with Gasteiger partial charge in [-0.15, -0.1) is 0 Å². The summed E-state index contributed by atoms with van der Waals surface area (Å²) in [4.78, 5) is 31.9. The highest BCUT2D eigenvalue weighted by Gasteiger charge is 2.33. The Morgan fingerprint density at radius 1 is 1.03 bits per heavy atom. The number of hydrogen-bond donors (Lipinski definition) is 0. The Morgan fingerprint density at radius 2 is 1.74 bits per heavy atom. The molecule has 198 valence electrons. The van der Waals surface area contributed by atoms with Crippen molar-refractivity contribution in [3.05, 3.63) is 127 Å². The number of ether oxygens (including phenoxy) is 3. The Labute approximate surface area is 229 Å². The zero-order chi connectivity index (χ0) is 27.4. The van der Waals surface area contributed by atoms with E-state index in [0.717, 1.165) is 16.7 Å². The van der Waals surface area contributed by atoms with Gasteiger partial charge in [0.1, 0.15) is 6.61 Å². The summed E-state index contributed by atoms with van der Waals surface area (Å²) < 4.78 is 19.0. The number of fused-ring (bicyclic) bond motifs is 1. The number of carbonyl (C=O) groups excluding carboxylic acids is 1. The third-order valence-corrected chi connectivity index (χ3v) is 7.34. The van der Waals surface area contributed by atoms with E-state index in [9.17, 15) is 9.59 Å². The molecule has 2 heterocycles. The molecule has 5 rings (SSSR count). The maximum atomic E-state index is 13.8. The van der Waals surface area contributed by atoms with E-state index >= 15 is 0 Å². The molecule has 1 unspecified atom stereocenters. The molecule has 0 radical (unpaired) electrons. The van der Waals surface area contributed by atoms with Crippen molar-refractivity contribution in [2.24, 2.45) is 4.99 Å². The fourth-order valence-electron chi connectivity index (χ4n) is 4.52. The van der Waals surface area contributed by atoms with E-state index < -0.39 is 12.0 Å². The summed E-state index contributed by atoms with van der Waals surface area (Å²) in [6, 6.07) is 24.3. The Bertz CT molecular complexity index is 1710. The van der Waals surface area contributed by atoms with Gasteiger partial charge in [-0.2, -0.15) is 0 Å². The SMILES string of the molecule is CCOC(=O)C1=C(C)N=c2s/c(=C\c3ccc(OCc4ccccc4)c(OC)c3)c(=O)n2C1c1ccccc1. The highest BCUT2D eigenvalue weighted by molar-refractivity contribution is 7.07. The van der Waals surface area contributed by atoms with Crippen molar-refractivity contribution in [1.82, 2.24) is 4.57 Å². The predicted molar refractivity (Wildman–Crippen MR) is 151 cm³/mol. The van der Waals surface area contributed by atoms with Gasteiger partial charge in [0.25, 0.3) is 5.56 Å². The van der Waals surface area contributed by atoms with Gasteiger partial charge >= 0.3 is 5.97 Å². The molecule has 4 aromatic rings. The number of methoxy groups -OCH3 is 1. The number of nitrogens with zero attached hydrogens (tertiary/aromatic N) is 2. The Balaban J connectivity index is 1.54. The quantitative estimate of drug-likeness (QED) is 0.310. The zero-order valence-electron chi connectivity index (χ0n) is 21.9. The maximum Gasteiger partial charge on any atom is 0.338 e. The molecular weight excluding hydrogens is 512 g/mol. The molecule has 3 aromatic carbocycles. The van der Waals surface area contributed by atoms with Gasteiger partial charge in [0.05, 0.1) is 35.6 Å². The number of aromatic nitrogens is 1. The molecule has 0 bridgehead atoms. The van der Waals surface area contributed by atoms with Crippen molar-refractivity contribution in [3.8, 4) is 11.5 Å². The Hall–Kier alpha value is -4.43. The van der Waals surface area contributed by atoms with Crippen molar-refractivity contribution in [1.29, 1.82) is 0 Å². The molecule has 1 aliphatic rings. The lowest BCUT2D eigenvalue weighted by molar-refractivity contribution is -0.139. The number of benzene rings is 3. The van der Waals surface area contributed by atoms with Crippen LogP contribution in [0.1, 0.15) is 36.6 Å². The van der Waals surface area contributed by atoms with Crippen LogP contribution in [-0.4, -0.2) is 24.3 Å². The van der Waals surface area contributed by atoms with Gasteiger partial charge in [0, 0.05) is 0 Å². The van der Waals surface area contributed by atoms with E-state index in [2.05, 4.69) is 4.99 Å². The summed E-state index contributed by atoms with van der Waals surface area (Å²) in [5, 5.41) is 0. The molecule has 7 nitrogen and oxygen atoms in total. The van der Waals surface area contributed by atoms with Gasteiger partial charge in [0.15, 0.2) is 16.3 Å². The van der Waals surface area contributed by atoms with Gasteiger partial charge in [0.2, 0.25) is 0 Å². The lowest BCUT2D eigenvalue weighted by Gasteiger charge is -2.24. The number of thiazole rings is 1. The van der Waals surface area contributed by atoms with Crippen molar-refractivity contribution >= 4 is 23.4 Å². The Morgan fingerprint density at radius 3 is 2.44 bits per heavy atom. The van der Waals surface area contributed by atoms with Crippen LogP contribution >= 0.6 is 11.3 Å². The van der Waals surface area contributed by atoms with Gasteiger partial charge < -0.3 is 14.2 Å². The summed E-state index contributed by atoms with van der Waals surface area (Å²) in [6.07, 6.45) is 1.80. The van der Waals surface area contributed by atoms with E-state index in [1.54, 1.807) is 31.6 Å². The summed E-state index contributed by atoms with van der Waals surface area (Å²) in [7, 11) is 1.59. The van der Waals surface area contributed by atoms with Gasteiger partial charge in [-0.25, -0.2) is 9.79 Å². The number of rotatable bonds is 8. The molecule has 0 spiro atoms. The van der Waals surface area contributed by atoms with E-state index in [4.69, 9.17) is 14.2 Å². The number of hydrogen-bond acceptors (Lipinski definition) is 7. The van der Waals surface area contributed by atoms with E-state index in [1.807, 2.05) is 78.9 Å². The lowest BCUT2D eigenvalue weighted by atomic mass is 9.96. The molecule has 39 heavy (non-hydrogen) atoms. The first kappa shape index (κ1) is 26.2. The van der Waals surface area contributed by atoms with E-state index in [1.165, 1.54) is 11.3 Å². The van der Waals surface area contributed by atoms with Crippen molar-refractivity contribution in [2.45, 2.75) is 26.5 Å². The molecule has 0 fully saturated rings. The van der Waals surface area contributed by atoms with Crippen LogP contribution in [0.5, 0.6) is 11.5 Å². The topological polar surface area (TPSA) is 79.1 Å². The van der Waals surface area contributed by atoms with Crippen LogP contribution < -0.4 is 24.4 Å². The first-order chi connectivity index (χ1) is 19.0. The van der Waals surface area contributed by atoms with Crippen LogP contribution in [0.2, 0.25) is 0 Å². The predicted octanol–water partition coefficient (Wildman–Crippen LogP) is 4.39. The zero-order valence-corrected chi connectivity index (χ0v) is 22.7. The monoisotopic (exact) mass is 540 g/mol. The molecule has 1 aromatic heterocycles. The molecule has 0 N–H and O–H groups in total. The van der Waals surface area contributed by atoms with Crippen LogP contribution in [0, 0.1) is 0 Å². The maximum absolute atomic E-state index is 13.8. The first-order valence-corrected chi connectivity index (χ1v) is 13.4. The largest absolute Gasteiger partial charge is 0.493 e. The highest BCUT2D eigenvalue weighted by Crippen LogP contribution is 2.31. The smallest absolute Gasteiger partial charge is 0.338 e. The molecule has 0 amide bonds. The molecule has 8 heteroatoms. The number of esters is 1. The average molecular weight is 541 g/mol. The molecular formula is C31H28N2O5S. The van der Waals surface area contributed by atoms with Gasteiger partial charge in [-0.05, 0) is 48.7 Å². The van der Waals surface area contributed by atoms with E-state index in [-0.39, 0.29) is 12.2 Å². The van der Waals surface area contributed by atoms with E-state index in [0.29, 0.717) is 38.7 Å². The third-order valence-electron chi connectivity index (χ3n) is 6.35. The average Bonchev–Trinajstić information content (AvgIpc) is 3.26. The minimum absolute atomic E-state index is 0.231. The second kappa shape index (κ2) is 11.5. The number of carbonyl (C=O) groups is 1. The summed E-state index contributed by atoms with van der Waals surface area (Å²) in [5.41, 5.74) is 3.31. The van der Waals surface area contributed by atoms with Crippen molar-refractivity contribution in [2.75, 3.05) is 13.7 Å². The molecule has 0 aliphatic carbocycles. The second-order valence-corrected chi connectivity index (χ2v) is 9.91. The van der Waals surface area contributed by atoms with Crippen molar-refractivity contribution in [3.63, 3.8) is 0 Å². The van der Waals surface area contributed by atoms with Gasteiger partial charge in [-0.3, -0.25) is 9.36 Å². The highest BCUT2D eigenvalue weighted by atomic mass is 32.1. The van der Waals surface area contributed by atoms with Gasteiger partial charge in [-0.1, -0.05) is 78.1 Å². The van der Waals surface area contributed by atoms with Crippen molar-refractivity contribution < 1.29 is 19.0 Å². The van der Waals surface area contributed by atoms with Crippen LogP contribution in [0.4, 0.5) is 0 Å². The number of allylic oxidation sites excluding steroid dienone is 1. The van der Waals surface area contributed by atoms with Crippen LogP contribution in [0.3, 0.4) is 0 Å². The van der Waals surface area contributed by atoms with Crippen LogP contribution in [0.15, 0.2) is 99.9 Å². The third kappa shape index (κ3) is 5.42. The summed E-state index contributed by atoms with van der Waals surface area (Å²) >= 11 is 1.28. The fraction of sp³-hybridized carbons (Fsp3) is 0.194. The summed E-state index contributed by atoms with van der Waals surface area (Å²) in [6.45, 7) is 4.18. The fourth-order valence-corrected chi connectivity index (χ4v) is 5.57. The lowest BCUT2D eigenvalue weighted by Crippen LogP contribution is -2.39. The van der Waals surface area contributed by atoms with Crippen LogP contribution in [0.25, 0.3) is 6.08 Å². The molecule has 0 saturated carbocycles. The minimum Gasteiger partial charge on any atom is -0.493 e. The normalized spacial score (nSPS) is 14.9. The van der Waals surface area contributed by atoms with Crippen LogP contribution in [-0.2, 0) is 16.1 Å². The standard InChI is InChI=1S/C31H28N2O5S/c1-4-37-30(35)27-20(2)32-31-33(28(27)23-13-9-6-10-14-23)29(34)26(39-31)18-22-15-16-24(25(17-22)36-3)38-19-21-11-7-5-8-12-21/h5-18,28H,4,19H2,1-3H3/b26-18-. The summed E-state index contributed by atoms with van der Waals surface area (Å²) in [5.74, 6) is 0.700. The minimum atomic E-state index is -0.632.